The van der Waals surface area contributed by atoms with Gasteiger partial charge in [0.2, 0.25) is 0 Å². The molecule has 0 aromatic carbocycles. The number of carbonyl (C=O) groups excluding carboxylic acids is 1. The predicted molar refractivity (Wildman–Crippen MR) is 64.7 cm³/mol. The highest BCUT2D eigenvalue weighted by molar-refractivity contribution is 7.13. The van der Waals surface area contributed by atoms with Crippen molar-refractivity contribution < 1.29 is 4.79 Å². The molecule has 0 radical (unpaired) electrons. The zero-order valence-electron chi connectivity index (χ0n) is 8.34. The van der Waals surface area contributed by atoms with Crippen LogP contribution in [-0.2, 0) is 6.42 Å². The maximum absolute atomic E-state index is 11.5. The number of carbonyl (C=O) groups is 1. The number of hydrogen-bond acceptors (Lipinski definition) is 6. The third-order valence-corrected chi connectivity index (χ3v) is 3.37. The number of thiazole rings is 1. The topological polar surface area (TPSA) is 80.9 Å². The minimum absolute atomic E-state index is 0.0919. The maximum Gasteiger partial charge on any atom is 0.262 e. The summed E-state index contributed by atoms with van der Waals surface area (Å²) in [4.78, 5) is 16.2. The highest BCUT2D eigenvalue weighted by atomic mass is 32.1. The summed E-state index contributed by atoms with van der Waals surface area (Å²) < 4.78 is 3.87. The molecule has 0 saturated carbocycles. The number of nitrogen functional groups attached to an aromatic ring is 1. The highest BCUT2D eigenvalue weighted by Crippen LogP contribution is 2.11. The number of aromatic nitrogens is 2. The lowest BCUT2D eigenvalue weighted by molar-refractivity contribution is 0.0958. The lowest BCUT2D eigenvalue weighted by Crippen LogP contribution is -2.24. The number of anilines is 1. The molecule has 0 aliphatic carbocycles. The molecular weight excluding hydrogens is 244 g/mol. The number of nitrogens with two attached hydrogens (primary N) is 1. The second kappa shape index (κ2) is 5.04. The van der Waals surface area contributed by atoms with E-state index in [9.17, 15) is 4.79 Å². The van der Waals surface area contributed by atoms with Crippen molar-refractivity contribution in [1.82, 2.24) is 14.7 Å². The van der Waals surface area contributed by atoms with Crippen LogP contribution in [0.3, 0.4) is 0 Å². The van der Waals surface area contributed by atoms with Crippen LogP contribution in [0, 0.1) is 0 Å². The first kappa shape index (κ1) is 11.0. The van der Waals surface area contributed by atoms with E-state index in [1.807, 2.05) is 5.38 Å². The van der Waals surface area contributed by atoms with E-state index < -0.39 is 0 Å². The van der Waals surface area contributed by atoms with E-state index in [0.29, 0.717) is 23.0 Å². The number of nitrogens with zero attached hydrogens (tertiary/aromatic N) is 2. The summed E-state index contributed by atoms with van der Waals surface area (Å²) in [5, 5.41) is 5.25. The van der Waals surface area contributed by atoms with Crippen LogP contribution < -0.4 is 11.1 Å². The summed E-state index contributed by atoms with van der Waals surface area (Å²) in [6, 6.07) is 1.70. The average Bonchev–Trinajstić information content (AvgIpc) is 2.89. The quantitative estimate of drug-likeness (QED) is 0.857. The molecule has 2 aromatic rings. The molecule has 0 unspecified atom stereocenters. The minimum atomic E-state index is -0.0919. The monoisotopic (exact) mass is 254 g/mol. The molecule has 2 heterocycles. The number of amides is 1. The van der Waals surface area contributed by atoms with Gasteiger partial charge in [-0.15, -0.1) is 11.3 Å². The van der Waals surface area contributed by atoms with Gasteiger partial charge in [0.25, 0.3) is 5.91 Å². The molecule has 16 heavy (non-hydrogen) atoms. The van der Waals surface area contributed by atoms with E-state index in [1.54, 1.807) is 12.3 Å². The SMILES string of the molecule is Nc1nc(CCNC(=O)c2ccns2)cs1. The van der Waals surface area contributed by atoms with Crippen LogP contribution in [0.25, 0.3) is 0 Å². The predicted octanol–water partition coefficient (Wildman–Crippen LogP) is 1.15. The number of rotatable bonds is 4. The first-order valence-corrected chi connectivity index (χ1v) is 6.30. The van der Waals surface area contributed by atoms with Crippen molar-refractivity contribution in [2.24, 2.45) is 0 Å². The minimum Gasteiger partial charge on any atom is -0.375 e. The summed E-state index contributed by atoms with van der Waals surface area (Å²) in [6.45, 7) is 0.555. The first-order chi connectivity index (χ1) is 7.75. The molecule has 0 fully saturated rings. The van der Waals surface area contributed by atoms with E-state index in [0.717, 1.165) is 5.69 Å². The second-order valence-corrected chi connectivity index (χ2v) is 4.78. The van der Waals surface area contributed by atoms with Crippen LogP contribution in [0.15, 0.2) is 17.6 Å². The summed E-state index contributed by atoms with van der Waals surface area (Å²) in [7, 11) is 0. The fourth-order valence-electron chi connectivity index (χ4n) is 1.16. The van der Waals surface area contributed by atoms with Gasteiger partial charge in [-0.1, -0.05) is 0 Å². The molecule has 5 nitrogen and oxygen atoms in total. The number of nitrogens with one attached hydrogen (secondary N) is 1. The van der Waals surface area contributed by atoms with Gasteiger partial charge in [-0.2, -0.15) is 0 Å². The van der Waals surface area contributed by atoms with Crippen LogP contribution in [0.2, 0.25) is 0 Å². The van der Waals surface area contributed by atoms with Gasteiger partial charge in [0.05, 0.1) is 5.69 Å². The molecule has 0 atom stereocenters. The third-order valence-electron chi connectivity index (χ3n) is 1.90. The Hall–Kier alpha value is -1.47. The lowest BCUT2D eigenvalue weighted by atomic mass is 10.3. The van der Waals surface area contributed by atoms with Gasteiger partial charge in [-0.3, -0.25) is 4.79 Å². The van der Waals surface area contributed by atoms with Crippen LogP contribution in [0.5, 0.6) is 0 Å². The van der Waals surface area contributed by atoms with Gasteiger partial charge < -0.3 is 11.1 Å². The van der Waals surface area contributed by atoms with Gasteiger partial charge in [0, 0.05) is 24.5 Å². The fourth-order valence-corrected chi connectivity index (χ4v) is 2.27. The highest BCUT2D eigenvalue weighted by Gasteiger charge is 2.06. The molecule has 7 heteroatoms. The Morgan fingerprint density at radius 1 is 1.56 bits per heavy atom. The van der Waals surface area contributed by atoms with Crippen molar-refractivity contribution in [3.05, 3.63) is 28.2 Å². The Bertz CT molecular complexity index is 466. The number of hydrogen-bond donors (Lipinski definition) is 2. The van der Waals surface area contributed by atoms with Crippen molar-refractivity contribution >= 4 is 33.9 Å². The van der Waals surface area contributed by atoms with E-state index in [2.05, 4.69) is 14.7 Å². The third kappa shape index (κ3) is 2.77. The summed E-state index contributed by atoms with van der Waals surface area (Å²) in [5.74, 6) is -0.0919. The molecule has 0 saturated heterocycles. The fraction of sp³-hybridized carbons (Fsp3) is 0.222. The van der Waals surface area contributed by atoms with Gasteiger partial charge in [0.15, 0.2) is 5.13 Å². The van der Waals surface area contributed by atoms with Gasteiger partial charge in [-0.25, -0.2) is 9.36 Å². The van der Waals surface area contributed by atoms with Crippen molar-refractivity contribution in [2.45, 2.75) is 6.42 Å². The van der Waals surface area contributed by atoms with Crippen molar-refractivity contribution in [3.8, 4) is 0 Å². The molecule has 0 aliphatic rings. The summed E-state index contributed by atoms with van der Waals surface area (Å²) >= 11 is 2.59. The molecule has 1 amide bonds. The van der Waals surface area contributed by atoms with E-state index >= 15 is 0 Å². The van der Waals surface area contributed by atoms with Gasteiger partial charge in [0.1, 0.15) is 4.88 Å². The van der Waals surface area contributed by atoms with Crippen molar-refractivity contribution in [2.75, 3.05) is 12.3 Å². The Labute approximate surface area is 100 Å². The van der Waals surface area contributed by atoms with E-state index in [4.69, 9.17) is 5.73 Å². The Kier molecular flexibility index (Phi) is 3.47. The van der Waals surface area contributed by atoms with Crippen LogP contribution >= 0.6 is 22.9 Å². The second-order valence-electron chi connectivity index (χ2n) is 3.06. The molecular formula is C9H10N4OS2. The molecule has 0 spiro atoms. The summed E-state index contributed by atoms with van der Waals surface area (Å²) in [6.07, 6.45) is 2.30. The first-order valence-electron chi connectivity index (χ1n) is 4.64. The van der Waals surface area contributed by atoms with E-state index in [-0.39, 0.29) is 5.91 Å². The van der Waals surface area contributed by atoms with Crippen LogP contribution in [0.1, 0.15) is 15.4 Å². The molecule has 2 aromatic heterocycles. The van der Waals surface area contributed by atoms with Crippen LogP contribution in [-0.4, -0.2) is 21.8 Å². The average molecular weight is 254 g/mol. The molecule has 0 bridgehead atoms. The largest absolute Gasteiger partial charge is 0.375 e. The van der Waals surface area contributed by atoms with Crippen molar-refractivity contribution in [3.63, 3.8) is 0 Å². The normalized spacial score (nSPS) is 10.2. The molecule has 2 rings (SSSR count). The smallest absolute Gasteiger partial charge is 0.262 e. The Morgan fingerprint density at radius 2 is 2.44 bits per heavy atom. The molecule has 3 N–H and O–H groups in total. The Balaban J connectivity index is 1.78. The molecule has 0 aliphatic heterocycles. The lowest BCUT2D eigenvalue weighted by Gasteiger charge is -2.00. The Morgan fingerprint density at radius 3 is 3.06 bits per heavy atom. The zero-order chi connectivity index (χ0) is 11.4. The van der Waals surface area contributed by atoms with Crippen LogP contribution in [0.4, 0.5) is 5.13 Å². The molecule has 84 valence electrons. The zero-order valence-corrected chi connectivity index (χ0v) is 9.98. The maximum atomic E-state index is 11.5. The van der Waals surface area contributed by atoms with Crippen molar-refractivity contribution in [1.29, 1.82) is 0 Å². The van der Waals surface area contributed by atoms with E-state index in [1.165, 1.54) is 22.9 Å². The van der Waals surface area contributed by atoms with Gasteiger partial charge >= 0.3 is 0 Å². The summed E-state index contributed by atoms with van der Waals surface area (Å²) in [5.41, 5.74) is 6.41. The van der Waals surface area contributed by atoms with Gasteiger partial charge in [-0.05, 0) is 17.6 Å². The standard InChI is InChI=1S/C9H10N4OS2/c10-9-13-6(5-15-9)1-3-11-8(14)7-2-4-12-16-7/h2,4-5H,1,3H2,(H2,10,13)(H,11,14).